The molecule has 2 aromatic rings. The van der Waals surface area contributed by atoms with Crippen LogP contribution in [-0.4, -0.2) is 93.3 Å². The Balaban J connectivity index is 0.000000231. The zero-order valence-corrected chi connectivity index (χ0v) is 23.8. The van der Waals surface area contributed by atoms with Gasteiger partial charge in [-0.25, -0.2) is 17.6 Å². The maximum Gasteiger partial charge on any atom is 0.273 e. The SMILES string of the molecule is COc1ccc(N)cc1OCCN1CCC(F)(F)CC1.COc1ccc([N+](=O)[O-])cc1OCCN1CCC(F)(F)CC1. The Morgan fingerprint density at radius 3 is 1.62 bits per heavy atom. The van der Waals surface area contributed by atoms with Crippen molar-refractivity contribution in [2.45, 2.75) is 37.5 Å². The molecule has 2 fully saturated rings. The zero-order valence-electron chi connectivity index (χ0n) is 23.8. The van der Waals surface area contributed by atoms with Gasteiger partial charge in [0, 0.05) is 82.8 Å². The third-order valence-electron chi connectivity index (χ3n) is 7.05. The normalized spacial score (nSPS) is 18.3. The van der Waals surface area contributed by atoms with Crippen LogP contribution in [0.25, 0.3) is 0 Å². The van der Waals surface area contributed by atoms with Crippen LogP contribution in [0.1, 0.15) is 25.7 Å². The maximum atomic E-state index is 13.0. The van der Waals surface area contributed by atoms with Gasteiger partial charge in [-0.2, -0.15) is 0 Å². The van der Waals surface area contributed by atoms with E-state index in [2.05, 4.69) is 0 Å². The molecule has 2 aliphatic heterocycles. The summed E-state index contributed by atoms with van der Waals surface area (Å²) >= 11 is 0. The van der Waals surface area contributed by atoms with Crippen molar-refractivity contribution in [1.82, 2.24) is 9.80 Å². The number of hydrogen-bond donors (Lipinski definition) is 1. The first-order chi connectivity index (χ1) is 19.9. The van der Waals surface area contributed by atoms with Crippen molar-refractivity contribution in [3.63, 3.8) is 0 Å². The smallest absolute Gasteiger partial charge is 0.273 e. The summed E-state index contributed by atoms with van der Waals surface area (Å²) in [6.45, 7) is 3.24. The second kappa shape index (κ2) is 15.1. The van der Waals surface area contributed by atoms with Gasteiger partial charge < -0.3 is 24.7 Å². The first kappa shape index (κ1) is 33.0. The van der Waals surface area contributed by atoms with Crippen LogP contribution in [0.5, 0.6) is 23.0 Å². The predicted octanol–water partition coefficient (Wildman–Crippen LogP) is 5.10. The minimum absolute atomic E-state index is 0.0748. The molecular formula is C28H38F4N4O6. The number of hydrogen-bond acceptors (Lipinski definition) is 9. The molecule has 0 aromatic heterocycles. The number of nitrogens with two attached hydrogens (primary N) is 1. The number of benzene rings is 2. The van der Waals surface area contributed by atoms with E-state index in [0.29, 0.717) is 68.8 Å². The minimum atomic E-state index is -2.57. The van der Waals surface area contributed by atoms with Crippen LogP contribution in [0, 0.1) is 10.1 Å². The number of piperidine rings is 2. The molecule has 0 aliphatic carbocycles. The molecule has 0 amide bonds. The highest BCUT2D eigenvalue weighted by Crippen LogP contribution is 2.32. The molecule has 0 spiro atoms. The minimum Gasteiger partial charge on any atom is -0.493 e. The van der Waals surface area contributed by atoms with Crippen LogP contribution in [0.15, 0.2) is 36.4 Å². The van der Waals surface area contributed by atoms with E-state index in [1.165, 1.54) is 25.3 Å². The first-order valence-corrected chi connectivity index (χ1v) is 13.6. The Hall–Kier alpha value is -3.52. The van der Waals surface area contributed by atoms with Crippen LogP contribution < -0.4 is 24.7 Å². The average molecular weight is 603 g/mol. The van der Waals surface area contributed by atoms with Gasteiger partial charge in [-0.3, -0.25) is 19.9 Å². The molecule has 2 N–H and O–H groups in total. The highest BCUT2D eigenvalue weighted by Gasteiger charge is 2.34. The van der Waals surface area contributed by atoms with Crippen LogP contribution in [-0.2, 0) is 0 Å². The van der Waals surface area contributed by atoms with E-state index in [9.17, 15) is 27.7 Å². The van der Waals surface area contributed by atoms with Gasteiger partial charge in [0.05, 0.1) is 25.2 Å². The molecule has 234 valence electrons. The molecule has 2 heterocycles. The Labute approximate surface area is 242 Å². The van der Waals surface area contributed by atoms with Crippen molar-refractivity contribution in [3.05, 3.63) is 46.5 Å². The standard InChI is InChI=1S/C14H18F2N2O4.C14H20F2N2O2/c1-21-12-3-2-11(18(19)20)10-13(12)22-9-8-17-6-4-14(15,16)5-7-17;1-19-12-3-2-11(17)10-13(12)20-9-8-18-6-4-14(15,16)5-7-18/h2-3,10H,4-9H2,1H3;2-3,10H,4-9,17H2,1H3. The monoisotopic (exact) mass is 602 g/mol. The van der Waals surface area contributed by atoms with Crippen molar-refractivity contribution in [3.8, 4) is 23.0 Å². The molecule has 2 aliphatic rings. The number of rotatable bonds is 11. The van der Waals surface area contributed by atoms with Crippen LogP contribution in [0.3, 0.4) is 0 Å². The predicted molar refractivity (Wildman–Crippen MR) is 149 cm³/mol. The summed E-state index contributed by atoms with van der Waals surface area (Å²) in [6.07, 6.45) is -0.441. The highest BCUT2D eigenvalue weighted by molar-refractivity contribution is 5.52. The molecule has 42 heavy (non-hydrogen) atoms. The van der Waals surface area contributed by atoms with Crippen LogP contribution >= 0.6 is 0 Å². The molecule has 0 radical (unpaired) electrons. The number of non-ortho nitro benzene ring substituents is 1. The topological polar surface area (TPSA) is 113 Å². The molecule has 0 unspecified atom stereocenters. The number of ether oxygens (including phenoxy) is 4. The summed E-state index contributed by atoms with van der Waals surface area (Å²) in [5.74, 6) is -3.20. The van der Waals surface area contributed by atoms with Crippen molar-refractivity contribution < 1.29 is 41.4 Å². The van der Waals surface area contributed by atoms with E-state index in [1.54, 1.807) is 25.3 Å². The quantitative estimate of drug-likeness (QED) is 0.162. The van der Waals surface area contributed by atoms with E-state index >= 15 is 0 Å². The van der Waals surface area contributed by atoms with Gasteiger partial charge in [-0.05, 0) is 18.2 Å². The summed E-state index contributed by atoms with van der Waals surface area (Å²) < 4.78 is 73.5. The number of methoxy groups -OCH3 is 2. The van der Waals surface area contributed by atoms with Crippen molar-refractivity contribution >= 4 is 11.4 Å². The third-order valence-corrected chi connectivity index (χ3v) is 7.05. The van der Waals surface area contributed by atoms with Gasteiger partial charge in [0.1, 0.15) is 13.2 Å². The number of nitro benzene ring substituents is 1. The summed E-state index contributed by atoms with van der Waals surface area (Å²) in [6, 6.07) is 9.27. The number of likely N-dealkylation sites (tertiary alicyclic amines) is 2. The van der Waals surface area contributed by atoms with E-state index < -0.39 is 16.8 Å². The van der Waals surface area contributed by atoms with E-state index in [-0.39, 0.29) is 43.7 Å². The van der Waals surface area contributed by atoms with Crippen molar-refractivity contribution in [2.24, 2.45) is 0 Å². The second-order valence-corrected chi connectivity index (χ2v) is 10.1. The van der Waals surface area contributed by atoms with Gasteiger partial charge in [0.2, 0.25) is 0 Å². The number of nitro groups is 1. The van der Waals surface area contributed by atoms with Gasteiger partial charge >= 0.3 is 0 Å². The van der Waals surface area contributed by atoms with Gasteiger partial charge in [-0.1, -0.05) is 0 Å². The van der Waals surface area contributed by atoms with Crippen LogP contribution in [0.4, 0.5) is 28.9 Å². The van der Waals surface area contributed by atoms with Crippen molar-refractivity contribution in [2.75, 3.05) is 72.4 Å². The Bertz CT molecular complexity index is 1150. The molecule has 0 bridgehead atoms. The summed E-state index contributed by atoms with van der Waals surface area (Å²) in [5.41, 5.74) is 6.20. The van der Waals surface area contributed by atoms with E-state index in [1.807, 2.05) is 9.80 Å². The average Bonchev–Trinajstić information content (AvgIpc) is 2.95. The summed E-state index contributed by atoms with van der Waals surface area (Å²) in [4.78, 5) is 14.1. The molecule has 2 saturated heterocycles. The zero-order chi connectivity index (χ0) is 30.8. The third kappa shape index (κ3) is 10.4. The lowest BCUT2D eigenvalue weighted by atomic mass is 10.1. The van der Waals surface area contributed by atoms with Gasteiger partial charge in [0.15, 0.2) is 23.0 Å². The fourth-order valence-electron chi connectivity index (χ4n) is 4.47. The summed E-state index contributed by atoms with van der Waals surface area (Å²) in [5, 5.41) is 10.8. The maximum absolute atomic E-state index is 13.0. The second-order valence-electron chi connectivity index (χ2n) is 10.1. The lowest BCUT2D eigenvalue weighted by molar-refractivity contribution is -0.385. The summed E-state index contributed by atoms with van der Waals surface area (Å²) in [7, 11) is 3.01. The molecule has 10 nitrogen and oxygen atoms in total. The molecule has 4 rings (SSSR count). The largest absolute Gasteiger partial charge is 0.493 e. The number of anilines is 1. The fraction of sp³-hybridized carbons (Fsp3) is 0.571. The number of alkyl halides is 4. The Morgan fingerprint density at radius 1 is 0.762 bits per heavy atom. The molecule has 0 atom stereocenters. The number of nitrogens with zero attached hydrogens (tertiary/aromatic N) is 3. The lowest BCUT2D eigenvalue weighted by Gasteiger charge is -2.31. The lowest BCUT2D eigenvalue weighted by Crippen LogP contribution is -2.41. The Kier molecular flexibility index (Phi) is 11.9. The fourth-order valence-corrected chi connectivity index (χ4v) is 4.47. The van der Waals surface area contributed by atoms with Gasteiger partial charge in [-0.15, -0.1) is 0 Å². The van der Waals surface area contributed by atoms with Gasteiger partial charge in [0.25, 0.3) is 17.5 Å². The molecule has 2 aromatic carbocycles. The molecule has 0 saturated carbocycles. The number of halogens is 4. The highest BCUT2D eigenvalue weighted by atomic mass is 19.3. The Morgan fingerprint density at radius 2 is 1.19 bits per heavy atom. The molecular weight excluding hydrogens is 564 g/mol. The molecule has 14 heteroatoms. The van der Waals surface area contributed by atoms with E-state index in [0.717, 1.165) is 0 Å². The van der Waals surface area contributed by atoms with E-state index in [4.69, 9.17) is 24.7 Å². The first-order valence-electron chi connectivity index (χ1n) is 13.6. The van der Waals surface area contributed by atoms with Crippen molar-refractivity contribution in [1.29, 1.82) is 0 Å². The van der Waals surface area contributed by atoms with Crippen LogP contribution in [0.2, 0.25) is 0 Å². The number of nitrogen functional groups attached to an aromatic ring is 1.